The average molecular weight is 249 g/mol. The number of thioether (sulfide) groups is 1. The highest BCUT2D eigenvalue weighted by Crippen LogP contribution is 2.26. The number of ether oxygens (including phenoxy) is 1. The summed E-state index contributed by atoms with van der Waals surface area (Å²) in [7, 11) is 0. The van der Waals surface area contributed by atoms with Gasteiger partial charge in [0.05, 0.1) is 4.91 Å². The summed E-state index contributed by atoms with van der Waals surface area (Å²) in [6.07, 6.45) is 0. The standard InChI is InChI=1S/C12H11NO3S/c1-8(10-11(14)13-12(15)17-10)7-16-9-5-3-2-4-6-9/h2-6H,7H2,1H3,(H,13,14,15)/b10-8-. The quantitative estimate of drug-likeness (QED) is 0.835. The number of hydrogen-bond acceptors (Lipinski definition) is 4. The van der Waals surface area contributed by atoms with Crippen molar-refractivity contribution in [3.05, 3.63) is 40.8 Å². The first-order chi connectivity index (χ1) is 8.16. The van der Waals surface area contributed by atoms with Gasteiger partial charge in [-0.15, -0.1) is 0 Å². The summed E-state index contributed by atoms with van der Waals surface area (Å²) in [4.78, 5) is 22.8. The minimum atomic E-state index is -0.339. The fraction of sp³-hybridized carbons (Fsp3) is 0.167. The fourth-order valence-electron chi connectivity index (χ4n) is 1.37. The molecule has 1 heterocycles. The van der Waals surface area contributed by atoms with Gasteiger partial charge >= 0.3 is 0 Å². The maximum absolute atomic E-state index is 11.4. The zero-order chi connectivity index (χ0) is 12.3. The van der Waals surface area contributed by atoms with Crippen LogP contribution in [0.5, 0.6) is 5.75 Å². The predicted molar refractivity (Wildman–Crippen MR) is 65.8 cm³/mol. The number of rotatable bonds is 3. The molecule has 1 aliphatic rings. The van der Waals surface area contributed by atoms with E-state index in [9.17, 15) is 9.59 Å². The normalized spacial score (nSPS) is 17.9. The summed E-state index contributed by atoms with van der Waals surface area (Å²) in [5.74, 6) is 0.399. The molecule has 0 aromatic heterocycles. The van der Waals surface area contributed by atoms with Crippen molar-refractivity contribution >= 4 is 22.9 Å². The minimum absolute atomic E-state index is 0.299. The van der Waals surface area contributed by atoms with E-state index in [2.05, 4.69) is 5.32 Å². The molecule has 1 aromatic rings. The Bertz CT molecular complexity index is 482. The van der Waals surface area contributed by atoms with Gasteiger partial charge in [0, 0.05) is 0 Å². The van der Waals surface area contributed by atoms with E-state index in [0.717, 1.165) is 23.1 Å². The summed E-state index contributed by atoms with van der Waals surface area (Å²) in [6.45, 7) is 2.08. The molecule has 1 fully saturated rings. The number of para-hydroxylation sites is 1. The Labute approximate surface area is 103 Å². The summed E-state index contributed by atoms with van der Waals surface area (Å²) in [5, 5.41) is 1.89. The van der Waals surface area contributed by atoms with Gasteiger partial charge in [0.25, 0.3) is 11.1 Å². The second-order valence-corrected chi connectivity index (χ2v) is 4.54. The topological polar surface area (TPSA) is 55.4 Å². The van der Waals surface area contributed by atoms with Gasteiger partial charge in [0.15, 0.2) is 0 Å². The van der Waals surface area contributed by atoms with Gasteiger partial charge in [-0.3, -0.25) is 14.9 Å². The van der Waals surface area contributed by atoms with E-state index >= 15 is 0 Å². The van der Waals surface area contributed by atoms with Crippen LogP contribution in [0.1, 0.15) is 6.92 Å². The SMILES string of the molecule is C/C(COc1ccccc1)=C1/SC(=O)NC1=O. The number of carbonyl (C=O) groups is 2. The molecule has 0 saturated carbocycles. The molecule has 88 valence electrons. The third kappa shape index (κ3) is 2.88. The lowest BCUT2D eigenvalue weighted by atomic mass is 10.3. The molecule has 0 bridgehead atoms. The molecule has 1 aromatic carbocycles. The Morgan fingerprint density at radius 3 is 2.59 bits per heavy atom. The lowest BCUT2D eigenvalue weighted by molar-refractivity contribution is -0.115. The maximum atomic E-state index is 11.4. The number of benzene rings is 1. The Kier molecular flexibility index (Phi) is 3.49. The van der Waals surface area contributed by atoms with Gasteiger partial charge < -0.3 is 4.74 Å². The van der Waals surface area contributed by atoms with Crippen LogP contribution in [0, 0.1) is 0 Å². The average Bonchev–Trinajstić information content (AvgIpc) is 2.67. The van der Waals surface area contributed by atoms with E-state index in [1.807, 2.05) is 30.3 Å². The first-order valence-corrected chi connectivity index (χ1v) is 5.89. The summed E-state index contributed by atoms with van der Waals surface area (Å²) in [5.41, 5.74) is 0.752. The van der Waals surface area contributed by atoms with E-state index in [1.54, 1.807) is 6.92 Å². The van der Waals surface area contributed by atoms with Gasteiger partial charge in [-0.1, -0.05) is 18.2 Å². The van der Waals surface area contributed by atoms with Crippen molar-refractivity contribution in [1.82, 2.24) is 5.32 Å². The molecule has 2 rings (SSSR count). The van der Waals surface area contributed by atoms with Crippen molar-refractivity contribution in [3.8, 4) is 5.75 Å². The maximum Gasteiger partial charge on any atom is 0.290 e. The molecule has 0 radical (unpaired) electrons. The lowest BCUT2D eigenvalue weighted by Crippen LogP contribution is -2.18. The van der Waals surface area contributed by atoms with Crippen LogP contribution in [0.15, 0.2) is 40.8 Å². The molecule has 0 unspecified atom stereocenters. The summed E-state index contributed by atoms with van der Waals surface area (Å²) < 4.78 is 5.50. The second-order valence-electron chi connectivity index (χ2n) is 3.55. The minimum Gasteiger partial charge on any atom is -0.489 e. The van der Waals surface area contributed by atoms with E-state index in [4.69, 9.17) is 4.74 Å². The molecule has 1 N–H and O–H groups in total. The van der Waals surface area contributed by atoms with Crippen LogP contribution in [0.2, 0.25) is 0 Å². The predicted octanol–water partition coefficient (Wildman–Crippen LogP) is 2.32. The summed E-state index contributed by atoms with van der Waals surface area (Å²) in [6, 6.07) is 9.32. The van der Waals surface area contributed by atoms with E-state index in [-0.39, 0.29) is 11.1 Å². The molecule has 0 spiro atoms. The van der Waals surface area contributed by atoms with Crippen molar-refractivity contribution in [3.63, 3.8) is 0 Å². The Morgan fingerprint density at radius 1 is 1.29 bits per heavy atom. The van der Waals surface area contributed by atoms with E-state index in [0.29, 0.717) is 11.5 Å². The van der Waals surface area contributed by atoms with Crippen LogP contribution in [0.25, 0.3) is 0 Å². The van der Waals surface area contributed by atoms with Gasteiger partial charge in [0.2, 0.25) is 0 Å². The first kappa shape index (κ1) is 11.7. The highest BCUT2D eigenvalue weighted by atomic mass is 32.2. The number of carbonyl (C=O) groups excluding carboxylic acids is 2. The Morgan fingerprint density at radius 2 is 2.00 bits per heavy atom. The number of amides is 2. The van der Waals surface area contributed by atoms with Crippen LogP contribution in [0.3, 0.4) is 0 Å². The van der Waals surface area contributed by atoms with Crippen molar-refractivity contribution in [2.24, 2.45) is 0 Å². The highest BCUT2D eigenvalue weighted by molar-refractivity contribution is 8.18. The molecular formula is C12H11NO3S. The molecule has 0 atom stereocenters. The van der Waals surface area contributed by atoms with Crippen molar-refractivity contribution in [2.45, 2.75) is 6.92 Å². The van der Waals surface area contributed by atoms with Gasteiger partial charge in [-0.25, -0.2) is 0 Å². The third-order valence-electron chi connectivity index (χ3n) is 2.20. The molecular weight excluding hydrogens is 238 g/mol. The molecule has 17 heavy (non-hydrogen) atoms. The molecule has 5 heteroatoms. The van der Waals surface area contributed by atoms with Crippen LogP contribution < -0.4 is 10.1 Å². The van der Waals surface area contributed by atoms with Crippen LogP contribution >= 0.6 is 11.8 Å². The zero-order valence-corrected chi connectivity index (χ0v) is 10.0. The molecule has 4 nitrogen and oxygen atoms in total. The smallest absolute Gasteiger partial charge is 0.290 e. The van der Waals surface area contributed by atoms with Crippen LogP contribution in [-0.2, 0) is 4.79 Å². The molecule has 1 aliphatic heterocycles. The molecule has 2 amide bonds. The second kappa shape index (κ2) is 5.05. The van der Waals surface area contributed by atoms with Crippen LogP contribution in [-0.4, -0.2) is 17.8 Å². The Balaban J connectivity index is 2.02. The number of imide groups is 1. The van der Waals surface area contributed by atoms with Crippen molar-refractivity contribution in [1.29, 1.82) is 0 Å². The third-order valence-corrected chi connectivity index (χ3v) is 3.23. The van der Waals surface area contributed by atoms with Crippen molar-refractivity contribution in [2.75, 3.05) is 6.61 Å². The van der Waals surface area contributed by atoms with E-state index < -0.39 is 0 Å². The lowest BCUT2D eigenvalue weighted by Gasteiger charge is -2.06. The molecule has 0 aliphatic carbocycles. The summed E-state index contributed by atoms with van der Waals surface area (Å²) >= 11 is 0.917. The number of nitrogens with one attached hydrogen (secondary N) is 1. The fourth-order valence-corrected chi connectivity index (χ4v) is 2.07. The van der Waals surface area contributed by atoms with E-state index in [1.165, 1.54) is 0 Å². The van der Waals surface area contributed by atoms with Gasteiger partial charge in [0.1, 0.15) is 12.4 Å². The Hall–Kier alpha value is -1.75. The van der Waals surface area contributed by atoms with Gasteiger partial charge in [-0.2, -0.15) is 0 Å². The van der Waals surface area contributed by atoms with Gasteiger partial charge in [-0.05, 0) is 36.4 Å². The largest absolute Gasteiger partial charge is 0.489 e. The number of hydrogen-bond donors (Lipinski definition) is 1. The molecule has 1 saturated heterocycles. The monoisotopic (exact) mass is 249 g/mol. The van der Waals surface area contributed by atoms with Crippen molar-refractivity contribution < 1.29 is 14.3 Å². The van der Waals surface area contributed by atoms with Crippen LogP contribution in [0.4, 0.5) is 4.79 Å². The highest BCUT2D eigenvalue weighted by Gasteiger charge is 2.27. The first-order valence-electron chi connectivity index (χ1n) is 5.07. The zero-order valence-electron chi connectivity index (χ0n) is 9.23.